The molecular weight excluding hydrogens is 204 g/mol. The van der Waals surface area contributed by atoms with E-state index in [-0.39, 0.29) is 18.4 Å². The quantitative estimate of drug-likeness (QED) is 0.825. The maximum atomic E-state index is 10.7. The molecule has 0 amide bonds. The Balaban J connectivity index is 2.87. The van der Waals surface area contributed by atoms with Crippen molar-refractivity contribution in [2.24, 2.45) is 5.92 Å². The van der Waals surface area contributed by atoms with E-state index in [2.05, 4.69) is 4.98 Å². The minimum Gasteiger partial charge on any atom is -0.481 e. The summed E-state index contributed by atoms with van der Waals surface area (Å²) in [5.74, 6) is -0.691. The van der Waals surface area contributed by atoms with Crippen molar-refractivity contribution in [3.63, 3.8) is 0 Å². The second-order valence-electron chi connectivity index (χ2n) is 4.26. The minimum atomic E-state index is -0.756. The Kier molecular flexibility index (Phi) is 4.43. The zero-order valence-corrected chi connectivity index (χ0v) is 9.92. The molecule has 0 spiro atoms. The lowest BCUT2D eigenvalue weighted by Gasteiger charge is -2.29. The topological polar surface area (TPSA) is 53.4 Å². The zero-order valence-electron chi connectivity index (χ0n) is 9.92. The Labute approximate surface area is 95.9 Å². The number of aromatic nitrogens is 1. The van der Waals surface area contributed by atoms with Crippen molar-refractivity contribution >= 4 is 5.97 Å². The fraction of sp³-hybridized carbons (Fsp3) is 0.500. The average molecular weight is 222 g/mol. The smallest absolute Gasteiger partial charge is 0.303 e. The predicted molar refractivity (Wildman–Crippen MR) is 62.1 cm³/mol. The van der Waals surface area contributed by atoms with Gasteiger partial charge >= 0.3 is 5.97 Å². The Hall–Kier alpha value is -1.42. The normalized spacial score (nSPS) is 14.8. The Bertz CT molecular complexity index is 338. The predicted octanol–water partition coefficient (Wildman–Crippen LogP) is 1.80. The van der Waals surface area contributed by atoms with Crippen LogP contribution in [0.1, 0.15) is 24.9 Å². The van der Waals surface area contributed by atoms with E-state index in [1.54, 1.807) is 12.4 Å². The molecule has 0 aromatic carbocycles. The fourth-order valence-electron chi connectivity index (χ4n) is 2.08. The third kappa shape index (κ3) is 3.31. The van der Waals surface area contributed by atoms with Gasteiger partial charge in [-0.25, -0.2) is 0 Å². The van der Waals surface area contributed by atoms with Gasteiger partial charge in [-0.2, -0.15) is 0 Å². The van der Waals surface area contributed by atoms with E-state index in [1.165, 1.54) is 0 Å². The molecule has 88 valence electrons. The van der Waals surface area contributed by atoms with Crippen LogP contribution in [0.4, 0.5) is 0 Å². The molecule has 0 saturated heterocycles. The molecule has 1 heterocycles. The summed E-state index contributed by atoms with van der Waals surface area (Å²) in [6.45, 7) is 1.96. The third-order valence-electron chi connectivity index (χ3n) is 2.64. The minimum absolute atomic E-state index is 0.0647. The van der Waals surface area contributed by atoms with E-state index in [0.29, 0.717) is 0 Å². The molecule has 16 heavy (non-hydrogen) atoms. The summed E-state index contributed by atoms with van der Waals surface area (Å²) in [5, 5.41) is 8.83. The van der Waals surface area contributed by atoms with E-state index in [4.69, 9.17) is 5.11 Å². The monoisotopic (exact) mass is 222 g/mol. The number of carboxylic acids is 1. The van der Waals surface area contributed by atoms with Gasteiger partial charge in [0, 0.05) is 24.9 Å². The van der Waals surface area contributed by atoms with Crippen LogP contribution in [0.5, 0.6) is 0 Å². The maximum absolute atomic E-state index is 10.7. The van der Waals surface area contributed by atoms with Crippen LogP contribution in [-0.2, 0) is 4.79 Å². The number of aliphatic carboxylic acids is 1. The van der Waals surface area contributed by atoms with Crippen LogP contribution in [0.3, 0.4) is 0 Å². The molecule has 0 aliphatic carbocycles. The van der Waals surface area contributed by atoms with Crippen LogP contribution >= 0.6 is 0 Å². The highest BCUT2D eigenvalue weighted by molar-refractivity contribution is 5.67. The molecule has 2 atom stereocenters. The molecule has 1 rings (SSSR count). The largest absolute Gasteiger partial charge is 0.481 e. The highest BCUT2D eigenvalue weighted by Gasteiger charge is 2.23. The van der Waals surface area contributed by atoms with Crippen LogP contribution in [-0.4, -0.2) is 35.1 Å². The molecule has 0 bridgehead atoms. The lowest BCUT2D eigenvalue weighted by atomic mass is 9.92. The standard InChI is InChI=1S/C12H18N2O2/c1-9(8-11(15)16)12(14(2)3)10-4-6-13-7-5-10/h4-7,9,12H,8H2,1-3H3,(H,15,16). The average Bonchev–Trinajstić information content (AvgIpc) is 2.17. The molecule has 1 aromatic rings. The van der Waals surface area contributed by atoms with Crippen LogP contribution in [0.2, 0.25) is 0 Å². The van der Waals surface area contributed by atoms with Crippen LogP contribution < -0.4 is 0 Å². The van der Waals surface area contributed by atoms with E-state index < -0.39 is 5.97 Å². The molecule has 1 N–H and O–H groups in total. The third-order valence-corrected chi connectivity index (χ3v) is 2.64. The molecule has 4 nitrogen and oxygen atoms in total. The van der Waals surface area contributed by atoms with Crippen molar-refractivity contribution in [3.8, 4) is 0 Å². The summed E-state index contributed by atoms with van der Waals surface area (Å²) in [5.41, 5.74) is 1.11. The Morgan fingerprint density at radius 3 is 2.44 bits per heavy atom. The van der Waals surface area contributed by atoms with Gasteiger partial charge in [-0.15, -0.1) is 0 Å². The number of carboxylic acid groups (broad SMARTS) is 1. The van der Waals surface area contributed by atoms with Gasteiger partial charge in [0.2, 0.25) is 0 Å². The molecule has 0 saturated carbocycles. The Morgan fingerprint density at radius 2 is 2.00 bits per heavy atom. The SMILES string of the molecule is CC(CC(=O)O)C(c1ccncc1)N(C)C. The summed E-state index contributed by atoms with van der Waals surface area (Å²) < 4.78 is 0. The summed E-state index contributed by atoms with van der Waals surface area (Å²) in [4.78, 5) is 16.8. The van der Waals surface area contributed by atoms with E-state index in [9.17, 15) is 4.79 Å². The van der Waals surface area contributed by atoms with E-state index >= 15 is 0 Å². The first-order valence-electron chi connectivity index (χ1n) is 5.30. The Morgan fingerprint density at radius 1 is 1.44 bits per heavy atom. The zero-order chi connectivity index (χ0) is 12.1. The van der Waals surface area contributed by atoms with Crippen molar-refractivity contribution in [1.82, 2.24) is 9.88 Å². The number of nitrogens with zero attached hydrogens (tertiary/aromatic N) is 2. The van der Waals surface area contributed by atoms with Crippen LogP contribution in [0.25, 0.3) is 0 Å². The van der Waals surface area contributed by atoms with Gasteiger partial charge in [0.25, 0.3) is 0 Å². The van der Waals surface area contributed by atoms with Gasteiger partial charge in [-0.05, 0) is 37.7 Å². The molecular formula is C12H18N2O2. The number of carbonyl (C=O) groups is 1. The van der Waals surface area contributed by atoms with Crippen molar-refractivity contribution in [1.29, 1.82) is 0 Å². The first-order chi connectivity index (χ1) is 7.52. The second-order valence-corrected chi connectivity index (χ2v) is 4.26. The van der Waals surface area contributed by atoms with Gasteiger partial charge in [-0.1, -0.05) is 6.92 Å². The molecule has 0 radical (unpaired) electrons. The van der Waals surface area contributed by atoms with Crippen LogP contribution in [0.15, 0.2) is 24.5 Å². The van der Waals surface area contributed by atoms with Crippen molar-refractivity contribution in [2.75, 3.05) is 14.1 Å². The summed E-state index contributed by atoms with van der Waals surface area (Å²) >= 11 is 0. The lowest BCUT2D eigenvalue weighted by molar-refractivity contribution is -0.138. The lowest BCUT2D eigenvalue weighted by Crippen LogP contribution is -2.27. The van der Waals surface area contributed by atoms with Crippen molar-refractivity contribution in [2.45, 2.75) is 19.4 Å². The molecule has 0 fully saturated rings. The maximum Gasteiger partial charge on any atom is 0.303 e. The van der Waals surface area contributed by atoms with Gasteiger partial charge in [0.1, 0.15) is 0 Å². The van der Waals surface area contributed by atoms with Crippen molar-refractivity contribution in [3.05, 3.63) is 30.1 Å². The second kappa shape index (κ2) is 5.61. The first kappa shape index (κ1) is 12.6. The van der Waals surface area contributed by atoms with Gasteiger partial charge in [-0.3, -0.25) is 9.78 Å². The van der Waals surface area contributed by atoms with E-state index in [1.807, 2.05) is 38.1 Å². The molecule has 0 aliphatic rings. The number of hydrogen-bond acceptors (Lipinski definition) is 3. The highest BCUT2D eigenvalue weighted by Crippen LogP contribution is 2.28. The number of pyridine rings is 1. The molecule has 1 aromatic heterocycles. The van der Waals surface area contributed by atoms with E-state index in [0.717, 1.165) is 5.56 Å². The number of hydrogen-bond donors (Lipinski definition) is 1. The molecule has 4 heteroatoms. The van der Waals surface area contributed by atoms with Crippen LogP contribution in [0, 0.1) is 5.92 Å². The molecule has 0 aliphatic heterocycles. The number of rotatable bonds is 5. The van der Waals surface area contributed by atoms with Crippen molar-refractivity contribution < 1.29 is 9.90 Å². The summed E-state index contributed by atoms with van der Waals surface area (Å²) in [6.07, 6.45) is 3.64. The highest BCUT2D eigenvalue weighted by atomic mass is 16.4. The first-order valence-corrected chi connectivity index (χ1v) is 5.30. The molecule has 2 unspecified atom stereocenters. The van der Waals surface area contributed by atoms with Gasteiger partial charge in [0.15, 0.2) is 0 Å². The van der Waals surface area contributed by atoms with Gasteiger partial charge in [0.05, 0.1) is 0 Å². The van der Waals surface area contributed by atoms with Gasteiger partial charge < -0.3 is 10.0 Å². The fourth-order valence-corrected chi connectivity index (χ4v) is 2.08. The summed E-state index contributed by atoms with van der Waals surface area (Å²) in [6, 6.07) is 3.98. The summed E-state index contributed by atoms with van der Waals surface area (Å²) in [7, 11) is 3.92.